The van der Waals surface area contributed by atoms with Gasteiger partial charge in [-0.2, -0.15) is 0 Å². The van der Waals surface area contributed by atoms with Crippen LogP contribution < -0.4 is 19.6 Å². The number of benzene rings is 5. The third-order valence-electron chi connectivity index (χ3n) is 13.7. The van der Waals surface area contributed by atoms with Crippen LogP contribution in [0.1, 0.15) is 203 Å². The fraction of sp³-hybridized carbons (Fsp3) is 0.457. The Morgan fingerprint density at radius 2 is 0.419 bits per heavy atom. The number of unbranched alkanes of at least 4 members (excludes halogenated alkanes) is 8. The van der Waals surface area contributed by atoms with Gasteiger partial charge in [-0.1, -0.05) is 154 Å². The molecule has 0 saturated heterocycles. The average Bonchev–Trinajstić information content (AvgIpc) is 3.44. The molecule has 4 heteroatoms. The van der Waals surface area contributed by atoms with Crippen molar-refractivity contribution in [3.8, 4) is 47.4 Å². The zero-order valence-corrected chi connectivity index (χ0v) is 47.2. The summed E-state index contributed by atoms with van der Waals surface area (Å²) in [5.41, 5.74) is 12.2. The van der Waals surface area contributed by atoms with Gasteiger partial charge in [0.1, 0.15) is 0 Å². The summed E-state index contributed by atoms with van der Waals surface area (Å²) in [6.45, 7) is 26.7. The number of hydrogen-bond donors (Lipinski definition) is 0. The van der Waals surface area contributed by atoms with E-state index in [1.807, 2.05) is 0 Å². The Kier molecular flexibility index (Phi) is 26.9. The van der Waals surface area contributed by atoms with Crippen LogP contribution in [0.25, 0.3) is 0 Å². The normalized spacial score (nSPS) is 10.5. The van der Waals surface area contributed by atoms with Gasteiger partial charge >= 0.3 is 0 Å². The molecule has 0 fully saturated rings. The highest BCUT2D eigenvalue weighted by molar-refractivity contribution is 5.69. The lowest BCUT2D eigenvalue weighted by Crippen LogP contribution is -2.25. The van der Waals surface area contributed by atoms with Crippen molar-refractivity contribution in [1.29, 1.82) is 0 Å². The van der Waals surface area contributed by atoms with Gasteiger partial charge in [0.15, 0.2) is 0 Å². The molecule has 0 radical (unpaired) electrons. The molecule has 0 spiro atoms. The van der Waals surface area contributed by atoms with Crippen LogP contribution in [-0.4, -0.2) is 52.4 Å². The molecule has 0 aromatic heterocycles. The molecule has 0 atom stereocenters. The zero-order valence-electron chi connectivity index (χ0n) is 47.2. The zero-order chi connectivity index (χ0) is 52.6. The van der Waals surface area contributed by atoms with Gasteiger partial charge < -0.3 is 19.6 Å². The van der Waals surface area contributed by atoms with E-state index < -0.39 is 0 Å². The molecule has 0 aliphatic heterocycles. The summed E-state index contributed by atoms with van der Waals surface area (Å²) in [5, 5.41) is 0. The average molecular weight is 988 g/mol. The van der Waals surface area contributed by atoms with Crippen molar-refractivity contribution < 1.29 is 0 Å². The lowest BCUT2D eigenvalue weighted by molar-refractivity contribution is 0.678. The van der Waals surface area contributed by atoms with Gasteiger partial charge in [0.25, 0.3) is 0 Å². The SMILES string of the molecule is CCCCN(CCCC)c1ccc(C#Cc2ccc(C#Cc3ccc(N(CCCC)CCCC)cc3)c(C#Cc3ccc(N(CCCC)CCCC)cc3)c2C#Cc2ccc(N(CCCC)CCCC)cc2)cc1. The standard InChI is InChI=1S/C70H90N4/c1-9-17-51-71(52-18-10-2)65-41-27-59(28-42-65)25-37-63-39-40-64(38-26-60-29-43-66(44-30-60)72(53-19-11-3)54-20-12-4)70(50-36-62-33-47-68(48-34-62)74(57-23-15-7)58-24-16-8)69(63)49-35-61-31-45-67(46-32-61)73(55-21-13-5)56-22-14-6/h27-34,39-48H,9-24,51-58H2,1-8H3. The molecule has 0 unspecified atom stereocenters. The molecule has 0 heterocycles. The van der Waals surface area contributed by atoms with Crippen LogP contribution >= 0.6 is 0 Å². The van der Waals surface area contributed by atoms with Gasteiger partial charge in [-0.15, -0.1) is 0 Å². The molecule has 0 amide bonds. The number of hydrogen-bond acceptors (Lipinski definition) is 4. The smallest absolute Gasteiger partial charge is 0.0575 e. The second-order valence-electron chi connectivity index (χ2n) is 19.9. The van der Waals surface area contributed by atoms with Crippen LogP contribution in [0.5, 0.6) is 0 Å². The molecule has 0 aliphatic rings. The summed E-state index contributed by atoms with van der Waals surface area (Å²) in [7, 11) is 0. The third kappa shape index (κ3) is 19.4. The van der Waals surface area contributed by atoms with Crippen LogP contribution in [0, 0.1) is 47.4 Å². The van der Waals surface area contributed by atoms with Crippen molar-refractivity contribution in [3.05, 3.63) is 154 Å². The minimum atomic E-state index is 0.801. The molecule has 390 valence electrons. The van der Waals surface area contributed by atoms with E-state index in [1.165, 1.54) is 125 Å². The fourth-order valence-electron chi connectivity index (χ4n) is 8.91. The Morgan fingerprint density at radius 3 is 0.608 bits per heavy atom. The highest BCUT2D eigenvalue weighted by Gasteiger charge is 2.12. The molecule has 0 aliphatic carbocycles. The molecule has 5 rings (SSSR count). The van der Waals surface area contributed by atoms with Gasteiger partial charge in [0.2, 0.25) is 0 Å². The van der Waals surface area contributed by atoms with Gasteiger partial charge in [-0.05, 0) is 161 Å². The number of anilines is 4. The van der Waals surface area contributed by atoms with Crippen LogP contribution in [-0.2, 0) is 0 Å². The van der Waals surface area contributed by atoms with Crippen LogP contribution in [0.4, 0.5) is 22.7 Å². The Bertz CT molecular complexity index is 2410. The van der Waals surface area contributed by atoms with Gasteiger partial charge in [0.05, 0.1) is 11.1 Å². The van der Waals surface area contributed by atoms with Crippen molar-refractivity contribution in [2.24, 2.45) is 0 Å². The molecular weight excluding hydrogens is 897 g/mol. The van der Waals surface area contributed by atoms with E-state index in [1.54, 1.807) is 0 Å². The first-order valence-corrected chi connectivity index (χ1v) is 29.0. The molecule has 0 N–H and O–H groups in total. The van der Waals surface area contributed by atoms with E-state index >= 15 is 0 Å². The Morgan fingerprint density at radius 1 is 0.230 bits per heavy atom. The first-order chi connectivity index (χ1) is 36.4. The first-order valence-electron chi connectivity index (χ1n) is 29.0. The van der Waals surface area contributed by atoms with Crippen molar-refractivity contribution in [2.45, 2.75) is 158 Å². The number of nitrogens with zero attached hydrogens (tertiary/aromatic N) is 4. The molecule has 5 aromatic rings. The fourth-order valence-corrected chi connectivity index (χ4v) is 8.91. The Balaban J connectivity index is 1.66. The van der Waals surface area contributed by atoms with Crippen molar-refractivity contribution in [1.82, 2.24) is 0 Å². The van der Waals surface area contributed by atoms with Crippen molar-refractivity contribution in [2.75, 3.05) is 72.0 Å². The van der Waals surface area contributed by atoms with E-state index in [9.17, 15) is 0 Å². The maximum atomic E-state index is 3.65. The minimum absolute atomic E-state index is 0.801. The molecule has 4 nitrogen and oxygen atoms in total. The summed E-state index contributed by atoms with van der Waals surface area (Å²) in [4.78, 5) is 10.1. The van der Waals surface area contributed by atoms with Crippen molar-refractivity contribution in [3.63, 3.8) is 0 Å². The quantitative estimate of drug-likeness (QED) is 0.0463. The largest absolute Gasteiger partial charge is 0.372 e. The highest BCUT2D eigenvalue weighted by Crippen LogP contribution is 2.24. The molecule has 5 aromatic carbocycles. The summed E-state index contributed by atoms with van der Waals surface area (Å²) in [5.74, 6) is 28.7. The second kappa shape index (κ2) is 34.1. The summed E-state index contributed by atoms with van der Waals surface area (Å²) < 4.78 is 0. The van der Waals surface area contributed by atoms with Gasteiger partial charge in [-0.3, -0.25) is 0 Å². The third-order valence-corrected chi connectivity index (χ3v) is 13.7. The highest BCUT2D eigenvalue weighted by atomic mass is 15.1. The van der Waals surface area contributed by atoms with E-state index in [2.05, 4.69) is 232 Å². The molecular formula is C70H90N4. The maximum Gasteiger partial charge on any atom is 0.0575 e. The lowest BCUT2D eigenvalue weighted by Gasteiger charge is -2.24. The van der Waals surface area contributed by atoms with Crippen LogP contribution in [0.3, 0.4) is 0 Å². The van der Waals surface area contributed by atoms with E-state index in [4.69, 9.17) is 0 Å². The van der Waals surface area contributed by atoms with E-state index in [0.29, 0.717) is 0 Å². The van der Waals surface area contributed by atoms with E-state index in [0.717, 1.165) is 96.9 Å². The topological polar surface area (TPSA) is 13.0 Å². The molecule has 0 saturated carbocycles. The van der Waals surface area contributed by atoms with Gasteiger partial charge in [0, 0.05) is 108 Å². The maximum absolute atomic E-state index is 3.65. The number of rotatable bonds is 28. The first kappa shape index (κ1) is 58.4. The van der Waals surface area contributed by atoms with Gasteiger partial charge in [-0.25, -0.2) is 0 Å². The Hall–Kier alpha value is -6.46. The summed E-state index contributed by atoms with van der Waals surface area (Å²) >= 11 is 0. The Labute approximate surface area is 451 Å². The summed E-state index contributed by atoms with van der Waals surface area (Å²) in [6.07, 6.45) is 18.9. The van der Waals surface area contributed by atoms with E-state index in [-0.39, 0.29) is 0 Å². The molecule has 74 heavy (non-hydrogen) atoms. The van der Waals surface area contributed by atoms with Crippen molar-refractivity contribution >= 4 is 22.7 Å². The monoisotopic (exact) mass is 987 g/mol. The summed E-state index contributed by atoms with van der Waals surface area (Å²) in [6, 6.07) is 39.4. The lowest BCUT2D eigenvalue weighted by atomic mass is 9.95. The minimum Gasteiger partial charge on any atom is -0.372 e. The predicted molar refractivity (Wildman–Crippen MR) is 324 cm³/mol. The van der Waals surface area contributed by atoms with Crippen LogP contribution in [0.2, 0.25) is 0 Å². The predicted octanol–water partition coefficient (Wildman–Crippen LogP) is 16.9. The second-order valence-corrected chi connectivity index (χ2v) is 19.9. The van der Waals surface area contributed by atoms with Crippen LogP contribution in [0.15, 0.2) is 109 Å². The molecule has 0 bridgehead atoms.